The lowest BCUT2D eigenvalue weighted by Crippen LogP contribution is -1.69. The summed E-state index contributed by atoms with van der Waals surface area (Å²) in [6.07, 6.45) is 15.3. The quantitative estimate of drug-likeness (QED) is 0.601. The fraction of sp³-hybridized carbons (Fsp3) is 0.455. The Bertz CT molecular complexity index is 136. The van der Waals surface area contributed by atoms with Crippen LogP contribution < -0.4 is 0 Å². The van der Waals surface area contributed by atoms with Gasteiger partial charge in [0.2, 0.25) is 0 Å². The van der Waals surface area contributed by atoms with Crippen LogP contribution >= 0.6 is 0 Å². The zero-order chi connectivity index (χ0) is 9.07. The number of hydrogen-bond acceptors (Lipinski definition) is 1. The van der Waals surface area contributed by atoms with Crippen molar-refractivity contribution in [1.29, 1.82) is 0 Å². The molecular weight excluding hydrogens is 148 g/mol. The Morgan fingerprint density at radius 3 is 1.83 bits per heavy atom. The maximum absolute atomic E-state index is 8.42. The minimum Gasteiger partial charge on any atom is -0.392 e. The van der Waals surface area contributed by atoms with E-state index in [0.29, 0.717) is 0 Å². The number of allylic oxidation sites excluding steroid dienone is 5. The van der Waals surface area contributed by atoms with Crippen molar-refractivity contribution in [1.82, 2.24) is 0 Å². The van der Waals surface area contributed by atoms with Crippen LogP contribution in [0.1, 0.15) is 26.2 Å². The first-order valence-electron chi connectivity index (χ1n) is 4.47. The molecule has 0 aliphatic rings. The van der Waals surface area contributed by atoms with E-state index in [0.717, 1.165) is 19.3 Å². The molecule has 0 saturated carbocycles. The van der Waals surface area contributed by atoms with Gasteiger partial charge in [0.25, 0.3) is 0 Å². The Labute approximate surface area is 75.1 Å². The van der Waals surface area contributed by atoms with E-state index < -0.39 is 0 Å². The summed E-state index contributed by atoms with van der Waals surface area (Å²) in [6.45, 7) is 2.27. The van der Waals surface area contributed by atoms with Crippen molar-refractivity contribution >= 4 is 0 Å². The monoisotopic (exact) mass is 166 g/mol. The van der Waals surface area contributed by atoms with Crippen molar-refractivity contribution in [3.63, 3.8) is 0 Å². The molecule has 0 unspecified atom stereocenters. The SMILES string of the molecule is CC/C=C\C/C=C\C/C=C\CO. The van der Waals surface area contributed by atoms with Crippen molar-refractivity contribution in [3.05, 3.63) is 36.5 Å². The van der Waals surface area contributed by atoms with E-state index >= 15 is 0 Å². The molecule has 0 saturated heterocycles. The van der Waals surface area contributed by atoms with Gasteiger partial charge in [0, 0.05) is 0 Å². The number of aliphatic hydroxyl groups is 1. The standard InChI is InChI=1S/C11H18O/c1-2-3-4-5-6-7-8-9-10-11-12/h3-4,6-7,9-10,12H,2,5,8,11H2,1H3/b4-3-,7-6-,10-9-. The minimum atomic E-state index is 0.142. The first-order valence-corrected chi connectivity index (χ1v) is 4.47. The highest BCUT2D eigenvalue weighted by molar-refractivity contribution is 4.96. The van der Waals surface area contributed by atoms with Gasteiger partial charge in [-0.2, -0.15) is 0 Å². The summed E-state index contributed by atoms with van der Waals surface area (Å²) in [6, 6.07) is 0. The summed E-state index contributed by atoms with van der Waals surface area (Å²) in [5.74, 6) is 0. The van der Waals surface area contributed by atoms with Gasteiger partial charge >= 0.3 is 0 Å². The molecule has 0 aromatic heterocycles. The lowest BCUT2D eigenvalue weighted by atomic mass is 10.3. The van der Waals surface area contributed by atoms with E-state index in [1.807, 2.05) is 6.08 Å². The second-order valence-corrected chi connectivity index (χ2v) is 2.48. The summed E-state index contributed by atoms with van der Waals surface area (Å²) in [5, 5.41) is 8.42. The van der Waals surface area contributed by atoms with Crippen LogP contribution in [0.5, 0.6) is 0 Å². The van der Waals surface area contributed by atoms with E-state index in [-0.39, 0.29) is 6.61 Å². The Kier molecular flexibility index (Phi) is 9.48. The topological polar surface area (TPSA) is 20.2 Å². The van der Waals surface area contributed by atoms with Gasteiger partial charge < -0.3 is 5.11 Å². The van der Waals surface area contributed by atoms with Gasteiger partial charge in [0.1, 0.15) is 0 Å². The van der Waals surface area contributed by atoms with Gasteiger partial charge in [-0.05, 0) is 19.3 Å². The van der Waals surface area contributed by atoms with Crippen LogP contribution in [0.25, 0.3) is 0 Å². The number of hydrogen-bond donors (Lipinski definition) is 1. The first kappa shape index (κ1) is 11.2. The van der Waals surface area contributed by atoms with Crippen LogP contribution in [0.4, 0.5) is 0 Å². The fourth-order valence-corrected chi connectivity index (χ4v) is 0.783. The molecule has 1 N–H and O–H groups in total. The predicted octanol–water partition coefficient (Wildman–Crippen LogP) is 2.84. The second kappa shape index (κ2) is 10.2. The maximum Gasteiger partial charge on any atom is 0.0612 e. The van der Waals surface area contributed by atoms with E-state index in [1.165, 1.54) is 0 Å². The molecule has 0 aliphatic heterocycles. The zero-order valence-electron chi connectivity index (χ0n) is 7.74. The maximum atomic E-state index is 8.42. The van der Waals surface area contributed by atoms with Gasteiger partial charge in [-0.3, -0.25) is 0 Å². The third kappa shape index (κ3) is 9.18. The average molecular weight is 166 g/mol. The van der Waals surface area contributed by atoms with Crippen LogP contribution in [-0.2, 0) is 0 Å². The van der Waals surface area contributed by atoms with E-state index in [4.69, 9.17) is 5.11 Å². The van der Waals surface area contributed by atoms with Crippen LogP contribution in [0.2, 0.25) is 0 Å². The van der Waals surface area contributed by atoms with Crippen molar-refractivity contribution in [3.8, 4) is 0 Å². The van der Waals surface area contributed by atoms with Crippen LogP contribution in [0, 0.1) is 0 Å². The molecule has 0 bridgehead atoms. The van der Waals surface area contributed by atoms with Gasteiger partial charge in [-0.1, -0.05) is 43.4 Å². The highest BCUT2D eigenvalue weighted by Crippen LogP contribution is 1.91. The van der Waals surface area contributed by atoms with Crippen molar-refractivity contribution in [2.75, 3.05) is 6.61 Å². The van der Waals surface area contributed by atoms with Crippen LogP contribution in [0.3, 0.4) is 0 Å². The molecule has 0 spiro atoms. The lowest BCUT2D eigenvalue weighted by molar-refractivity contribution is 0.342. The summed E-state index contributed by atoms with van der Waals surface area (Å²) in [4.78, 5) is 0. The molecule has 1 heteroatoms. The highest BCUT2D eigenvalue weighted by atomic mass is 16.2. The molecule has 0 atom stereocenters. The third-order valence-electron chi connectivity index (χ3n) is 1.39. The normalized spacial score (nSPS) is 12.5. The summed E-state index contributed by atoms with van der Waals surface area (Å²) in [5.41, 5.74) is 0. The van der Waals surface area contributed by atoms with Crippen molar-refractivity contribution < 1.29 is 5.11 Å². The molecule has 0 rings (SSSR count). The van der Waals surface area contributed by atoms with E-state index in [9.17, 15) is 0 Å². The summed E-state index contributed by atoms with van der Waals surface area (Å²) < 4.78 is 0. The largest absolute Gasteiger partial charge is 0.392 e. The number of aliphatic hydroxyl groups excluding tert-OH is 1. The second-order valence-electron chi connectivity index (χ2n) is 2.48. The molecule has 0 heterocycles. The molecule has 0 aliphatic carbocycles. The van der Waals surface area contributed by atoms with Crippen LogP contribution in [-0.4, -0.2) is 11.7 Å². The Balaban J connectivity index is 3.25. The summed E-state index contributed by atoms with van der Waals surface area (Å²) in [7, 11) is 0. The molecule has 12 heavy (non-hydrogen) atoms. The smallest absolute Gasteiger partial charge is 0.0612 e. The Hall–Kier alpha value is -0.820. The van der Waals surface area contributed by atoms with Crippen LogP contribution in [0.15, 0.2) is 36.5 Å². The number of rotatable bonds is 6. The molecule has 0 aromatic carbocycles. The third-order valence-corrected chi connectivity index (χ3v) is 1.39. The minimum absolute atomic E-state index is 0.142. The molecule has 0 fully saturated rings. The highest BCUT2D eigenvalue weighted by Gasteiger charge is 1.71. The zero-order valence-corrected chi connectivity index (χ0v) is 7.74. The molecule has 0 aromatic rings. The fourth-order valence-electron chi connectivity index (χ4n) is 0.783. The lowest BCUT2D eigenvalue weighted by Gasteiger charge is -1.82. The van der Waals surface area contributed by atoms with Gasteiger partial charge in [-0.15, -0.1) is 0 Å². The first-order chi connectivity index (χ1) is 5.91. The molecule has 0 radical (unpaired) electrons. The van der Waals surface area contributed by atoms with E-state index in [2.05, 4.69) is 31.2 Å². The average Bonchev–Trinajstić information content (AvgIpc) is 2.10. The molecule has 0 amide bonds. The molecular formula is C11H18O. The van der Waals surface area contributed by atoms with Crippen molar-refractivity contribution in [2.24, 2.45) is 0 Å². The Morgan fingerprint density at radius 2 is 1.33 bits per heavy atom. The van der Waals surface area contributed by atoms with Gasteiger partial charge in [0.05, 0.1) is 6.61 Å². The van der Waals surface area contributed by atoms with E-state index in [1.54, 1.807) is 6.08 Å². The molecule has 68 valence electrons. The summed E-state index contributed by atoms with van der Waals surface area (Å²) >= 11 is 0. The Morgan fingerprint density at radius 1 is 0.833 bits per heavy atom. The van der Waals surface area contributed by atoms with Crippen molar-refractivity contribution in [2.45, 2.75) is 26.2 Å². The predicted molar refractivity (Wildman–Crippen MR) is 54.0 cm³/mol. The van der Waals surface area contributed by atoms with Gasteiger partial charge in [-0.25, -0.2) is 0 Å². The van der Waals surface area contributed by atoms with Gasteiger partial charge in [0.15, 0.2) is 0 Å². The molecule has 1 nitrogen and oxygen atoms in total.